The molecule has 2 saturated carbocycles. The summed E-state index contributed by atoms with van der Waals surface area (Å²) in [6, 6.07) is 15.2. The van der Waals surface area contributed by atoms with E-state index < -0.39 is 91.2 Å². The summed E-state index contributed by atoms with van der Waals surface area (Å²) in [6.07, 6.45) is -1.83. The summed E-state index contributed by atoms with van der Waals surface area (Å²) in [4.78, 5) is 57.4. The Morgan fingerprint density at radius 2 is 1.56 bits per heavy atom. The summed E-state index contributed by atoms with van der Waals surface area (Å²) in [5, 5.41) is 4.46. The average Bonchev–Trinajstić information content (AvgIpc) is 4.03. The number of rotatable bonds is 14. The number of ether oxygens (including phenoxy) is 1. The van der Waals surface area contributed by atoms with Gasteiger partial charge >= 0.3 is 6.09 Å². The van der Waals surface area contributed by atoms with E-state index in [1.165, 1.54) is 4.90 Å². The quantitative estimate of drug-likeness (QED) is 0.187. The molecule has 4 amide bonds. The summed E-state index contributed by atoms with van der Waals surface area (Å²) in [5.41, 5.74) is -1.10. The zero-order valence-electron chi connectivity index (χ0n) is 32.6. The molecule has 11 nitrogen and oxygen atoms in total. The Balaban J connectivity index is 1.55. The van der Waals surface area contributed by atoms with Crippen molar-refractivity contribution in [2.24, 2.45) is 11.3 Å². The van der Waals surface area contributed by atoms with Crippen molar-refractivity contribution in [3.8, 4) is 11.1 Å². The van der Waals surface area contributed by atoms with Crippen LogP contribution < -0.4 is 15.4 Å². The van der Waals surface area contributed by atoms with Crippen LogP contribution >= 0.6 is 11.8 Å². The molecule has 2 aromatic rings. The normalized spacial score (nSPS) is 24.6. The van der Waals surface area contributed by atoms with E-state index in [0.717, 1.165) is 29.5 Å². The van der Waals surface area contributed by atoms with E-state index in [0.29, 0.717) is 18.6 Å². The number of likely N-dealkylation sites (tertiary alicyclic amines) is 1. The molecule has 0 unspecified atom stereocenters. The number of benzene rings is 2. The number of alkyl halides is 2. The Labute approximate surface area is 327 Å². The smallest absolute Gasteiger partial charge is 0.408 e. The van der Waals surface area contributed by atoms with E-state index in [1.54, 1.807) is 53.3 Å². The number of alkyl carbamates (subject to hydrolysis) is 1. The largest absolute Gasteiger partial charge is 0.444 e. The highest BCUT2D eigenvalue weighted by atomic mass is 32.2. The Bertz CT molecular complexity index is 1850. The molecular formula is C40H54F2N4O7S2. The summed E-state index contributed by atoms with van der Waals surface area (Å²) < 4.78 is 60.6. The second-order valence-electron chi connectivity index (χ2n) is 17.1. The zero-order valence-corrected chi connectivity index (χ0v) is 34.3. The zero-order chi connectivity index (χ0) is 40.6. The first-order valence-electron chi connectivity index (χ1n) is 18.9. The molecule has 1 heterocycles. The van der Waals surface area contributed by atoms with Crippen LogP contribution in [0.15, 0.2) is 54.6 Å². The number of amides is 4. The molecule has 3 N–H and O–H groups in total. The first-order valence-corrected chi connectivity index (χ1v) is 21.4. The lowest BCUT2D eigenvalue weighted by molar-refractivity contribution is -0.143. The maximum atomic E-state index is 14.8. The first-order chi connectivity index (χ1) is 25.6. The van der Waals surface area contributed by atoms with Crippen LogP contribution in [-0.4, -0.2) is 84.3 Å². The van der Waals surface area contributed by atoms with Crippen LogP contribution in [0.2, 0.25) is 0 Å². The molecule has 2 aliphatic carbocycles. The second kappa shape index (κ2) is 16.0. The predicted molar refractivity (Wildman–Crippen MR) is 209 cm³/mol. The van der Waals surface area contributed by atoms with Crippen LogP contribution in [0.3, 0.4) is 0 Å². The van der Waals surface area contributed by atoms with Crippen LogP contribution in [0, 0.1) is 11.3 Å². The predicted octanol–water partition coefficient (Wildman–Crippen LogP) is 6.37. The van der Waals surface area contributed by atoms with E-state index in [2.05, 4.69) is 17.6 Å². The van der Waals surface area contributed by atoms with Gasteiger partial charge in [0.25, 0.3) is 5.91 Å². The SMILES string of the molecule is CCCCS[C@@]1(c2ccc(-c3ccccc3)cc2)C[C@@H](C(=O)N[C@]2(C(=O)NS(=O)(=O)C3CC3)C[C@H]2C(F)F)N(C(=O)[C@@H](NC(=O)OC(C)(C)C)C(C)(C)C)C1. The minimum Gasteiger partial charge on any atom is -0.444 e. The molecule has 2 aromatic carbocycles. The van der Waals surface area contributed by atoms with Gasteiger partial charge in [-0.3, -0.25) is 19.1 Å². The van der Waals surface area contributed by atoms with Gasteiger partial charge in [0.05, 0.1) is 15.9 Å². The Hall–Kier alpha value is -3.72. The number of thioether (sulfide) groups is 1. The molecule has 3 fully saturated rings. The monoisotopic (exact) mass is 804 g/mol. The van der Waals surface area contributed by atoms with Gasteiger partial charge in [0, 0.05) is 6.54 Å². The third kappa shape index (κ3) is 9.81. The maximum Gasteiger partial charge on any atom is 0.408 e. The number of nitrogens with one attached hydrogen (secondary N) is 3. The van der Waals surface area contributed by atoms with Crippen molar-refractivity contribution in [2.75, 3.05) is 12.3 Å². The van der Waals surface area contributed by atoms with E-state index in [9.17, 15) is 36.4 Å². The van der Waals surface area contributed by atoms with E-state index in [1.807, 2.05) is 59.3 Å². The van der Waals surface area contributed by atoms with Gasteiger partial charge in [-0.05, 0) is 80.7 Å². The topological polar surface area (TPSA) is 151 Å². The van der Waals surface area contributed by atoms with Gasteiger partial charge in [-0.1, -0.05) is 88.7 Å². The van der Waals surface area contributed by atoms with Gasteiger partial charge in [-0.15, -0.1) is 11.8 Å². The standard InChI is InChI=1S/C40H54F2N4O7S2/c1-8-9-21-54-39(27-17-15-26(16-18-27)25-13-11-10-12-14-25)23-30(46(24-39)34(48)31(37(2,3)4)43-36(50)53-38(5,6)7)33(47)44-40(22-29(40)32(41)42)35(49)45-55(51,52)28-19-20-28/h10-18,28-32H,8-9,19-24H2,1-7H3,(H,43,50)(H,44,47)(H,45,49)/t29-,30-,31+,39-,40+/m0/s1. The fourth-order valence-corrected chi connectivity index (χ4v) is 10.0. The molecule has 1 aliphatic heterocycles. The molecule has 55 heavy (non-hydrogen) atoms. The lowest BCUT2D eigenvalue weighted by Gasteiger charge is -2.36. The minimum atomic E-state index is -4.12. The molecule has 3 aliphatic rings. The molecule has 0 radical (unpaired) electrons. The van der Waals surface area contributed by atoms with Gasteiger partial charge in [0.2, 0.25) is 28.3 Å². The fourth-order valence-electron chi connectivity index (χ4n) is 7.02. The van der Waals surface area contributed by atoms with Gasteiger partial charge in [-0.25, -0.2) is 22.0 Å². The molecule has 5 rings (SSSR count). The summed E-state index contributed by atoms with van der Waals surface area (Å²) in [7, 11) is -4.12. The molecule has 0 spiro atoms. The highest BCUT2D eigenvalue weighted by Crippen LogP contribution is 2.51. The number of hydrogen-bond acceptors (Lipinski definition) is 8. The van der Waals surface area contributed by atoms with Crippen LogP contribution in [0.4, 0.5) is 13.6 Å². The third-order valence-electron chi connectivity index (χ3n) is 10.3. The lowest BCUT2D eigenvalue weighted by Crippen LogP contribution is -2.60. The van der Waals surface area contributed by atoms with E-state index in [-0.39, 0.29) is 13.0 Å². The first kappa shape index (κ1) is 42.4. The van der Waals surface area contributed by atoms with Crippen molar-refractivity contribution in [2.45, 2.75) is 127 Å². The number of hydrogen-bond donors (Lipinski definition) is 3. The fraction of sp³-hybridized carbons (Fsp3) is 0.600. The number of carbonyl (C=O) groups excluding carboxylic acids is 4. The van der Waals surface area contributed by atoms with E-state index >= 15 is 0 Å². The number of unbranched alkanes of at least 4 members (excludes halogenated alkanes) is 1. The minimum absolute atomic E-state index is 0.0269. The van der Waals surface area contributed by atoms with Crippen molar-refractivity contribution >= 4 is 45.6 Å². The molecule has 1 saturated heterocycles. The Morgan fingerprint density at radius 1 is 0.945 bits per heavy atom. The molecule has 0 bridgehead atoms. The van der Waals surface area contributed by atoms with Gasteiger partial charge < -0.3 is 20.3 Å². The van der Waals surface area contributed by atoms with Crippen LogP contribution in [0.5, 0.6) is 0 Å². The number of carbonyl (C=O) groups is 4. The van der Waals surface area contributed by atoms with Crippen molar-refractivity contribution in [1.82, 2.24) is 20.3 Å². The molecule has 0 aromatic heterocycles. The van der Waals surface area contributed by atoms with Crippen LogP contribution in [0.1, 0.15) is 92.6 Å². The number of halogens is 2. The molecule has 15 heteroatoms. The lowest BCUT2D eigenvalue weighted by atomic mass is 9.85. The van der Waals surface area contributed by atoms with Gasteiger partial charge in [-0.2, -0.15) is 0 Å². The third-order valence-corrected chi connectivity index (χ3v) is 13.7. The average molecular weight is 805 g/mol. The molecular weight excluding hydrogens is 751 g/mol. The number of sulfonamides is 1. The van der Waals surface area contributed by atoms with Crippen LogP contribution in [0.25, 0.3) is 11.1 Å². The Morgan fingerprint density at radius 3 is 2.09 bits per heavy atom. The van der Waals surface area contributed by atoms with Crippen molar-refractivity contribution < 1.29 is 41.1 Å². The molecule has 5 atom stereocenters. The van der Waals surface area contributed by atoms with Crippen molar-refractivity contribution in [1.29, 1.82) is 0 Å². The maximum absolute atomic E-state index is 14.8. The highest BCUT2D eigenvalue weighted by Gasteiger charge is 2.67. The summed E-state index contributed by atoms with van der Waals surface area (Å²) >= 11 is 1.59. The van der Waals surface area contributed by atoms with Crippen LogP contribution in [-0.2, 0) is 33.9 Å². The summed E-state index contributed by atoms with van der Waals surface area (Å²) in [6.45, 7) is 12.5. The van der Waals surface area contributed by atoms with Crippen molar-refractivity contribution in [3.63, 3.8) is 0 Å². The van der Waals surface area contributed by atoms with Gasteiger partial charge in [0.1, 0.15) is 23.2 Å². The number of nitrogens with zero attached hydrogens (tertiary/aromatic N) is 1. The highest BCUT2D eigenvalue weighted by molar-refractivity contribution is 8.00. The summed E-state index contributed by atoms with van der Waals surface area (Å²) in [5.74, 6) is -3.60. The second-order valence-corrected chi connectivity index (χ2v) is 20.5. The molecule has 302 valence electrons. The van der Waals surface area contributed by atoms with Crippen molar-refractivity contribution in [3.05, 3.63) is 60.2 Å². The van der Waals surface area contributed by atoms with E-state index in [4.69, 9.17) is 4.74 Å². The Kier molecular flexibility index (Phi) is 12.4. The van der Waals surface area contributed by atoms with Gasteiger partial charge in [0.15, 0.2) is 0 Å².